The third kappa shape index (κ3) is 6.00. The molecule has 1 unspecified atom stereocenters. The monoisotopic (exact) mass is 357 g/mol. The minimum Gasteiger partial charge on any atom is -0.476 e. The predicted molar refractivity (Wildman–Crippen MR) is 96.0 cm³/mol. The number of hydrogen-bond donors (Lipinski definition) is 1. The normalized spacial score (nSPS) is 16.7. The highest BCUT2D eigenvalue weighted by Gasteiger charge is 2.13. The van der Waals surface area contributed by atoms with Gasteiger partial charge in [0.15, 0.2) is 5.82 Å². The van der Waals surface area contributed by atoms with Crippen LogP contribution in [-0.2, 0) is 16.1 Å². The maximum Gasteiger partial charge on any atom is 0.413 e. The number of anilines is 1. The molecule has 0 aliphatic carbocycles. The van der Waals surface area contributed by atoms with Gasteiger partial charge in [-0.2, -0.15) is 0 Å². The first-order chi connectivity index (χ1) is 12.8. The number of nitrogens with one attached hydrogen (secondary N) is 1. The fourth-order valence-electron chi connectivity index (χ4n) is 2.65. The van der Waals surface area contributed by atoms with Crippen molar-refractivity contribution in [2.75, 3.05) is 18.5 Å². The molecule has 7 nitrogen and oxygen atoms in total. The van der Waals surface area contributed by atoms with Gasteiger partial charge in [0.05, 0.1) is 25.1 Å². The number of rotatable bonds is 7. The summed E-state index contributed by atoms with van der Waals surface area (Å²) in [6, 6.07) is 9.46. The van der Waals surface area contributed by atoms with E-state index in [1.807, 2.05) is 30.3 Å². The zero-order valence-electron chi connectivity index (χ0n) is 14.6. The van der Waals surface area contributed by atoms with E-state index in [-0.39, 0.29) is 12.7 Å². The average Bonchev–Trinajstić information content (AvgIpc) is 2.69. The highest BCUT2D eigenvalue weighted by Crippen LogP contribution is 2.16. The molecule has 0 bridgehead atoms. The summed E-state index contributed by atoms with van der Waals surface area (Å²) in [5.74, 6) is 0.732. The van der Waals surface area contributed by atoms with Gasteiger partial charge in [-0.3, -0.25) is 5.32 Å². The first-order valence-corrected chi connectivity index (χ1v) is 8.84. The number of carbonyl (C=O) groups excluding carboxylic acids is 1. The highest BCUT2D eigenvalue weighted by atomic mass is 16.5. The molecule has 1 amide bonds. The molecule has 0 saturated carbocycles. The van der Waals surface area contributed by atoms with Gasteiger partial charge < -0.3 is 14.2 Å². The Morgan fingerprint density at radius 1 is 1.19 bits per heavy atom. The van der Waals surface area contributed by atoms with Crippen molar-refractivity contribution in [3.8, 4) is 5.88 Å². The lowest BCUT2D eigenvalue weighted by atomic mass is 10.1. The van der Waals surface area contributed by atoms with Gasteiger partial charge in [-0.15, -0.1) is 0 Å². The van der Waals surface area contributed by atoms with Crippen molar-refractivity contribution in [2.45, 2.75) is 38.4 Å². The standard InChI is InChI=1S/C19H23N3O4/c23-19(26-14-15-6-2-1-3-7-15)22-17-12-21-18(13-20-17)25-11-9-16-8-4-5-10-24-16/h1-3,6-7,12-13,16H,4-5,8-11,14H2,(H,20,22,23). The zero-order chi connectivity index (χ0) is 18.0. The molecule has 1 aromatic carbocycles. The van der Waals surface area contributed by atoms with Gasteiger partial charge >= 0.3 is 6.09 Å². The summed E-state index contributed by atoms with van der Waals surface area (Å²) in [6.07, 6.45) is 6.90. The quantitative estimate of drug-likeness (QED) is 0.816. The third-order valence-corrected chi connectivity index (χ3v) is 4.03. The first kappa shape index (κ1) is 18.1. The molecule has 0 spiro atoms. The maximum atomic E-state index is 11.8. The molecule has 26 heavy (non-hydrogen) atoms. The summed E-state index contributed by atoms with van der Waals surface area (Å²) in [5, 5.41) is 2.54. The predicted octanol–water partition coefficient (Wildman–Crippen LogP) is 3.56. The van der Waals surface area contributed by atoms with Crippen LogP contribution in [0.2, 0.25) is 0 Å². The lowest BCUT2D eigenvalue weighted by Crippen LogP contribution is -2.21. The molecule has 0 radical (unpaired) electrons. The molecular formula is C19H23N3O4. The van der Waals surface area contributed by atoms with Gasteiger partial charge in [-0.25, -0.2) is 14.8 Å². The minimum absolute atomic E-state index is 0.199. The van der Waals surface area contributed by atoms with E-state index in [1.54, 1.807) is 0 Å². The van der Waals surface area contributed by atoms with Gasteiger partial charge in [0.25, 0.3) is 0 Å². The van der Waals surface area contributed by atoms with Gasteiger partial charge in [-0.05, 0) is 24.8 Å². The first-order valence-electron chi connectivity index (χ1n) is 8.84. The molecule has 1 aliphatic rings. The van der Waals surface area contributed by atoms with E-state index in [0.29, 0.717) is 18.3 Å². The zero-order valence-corrected chi connectivity index (χ0v) is 14.6. The maximum absolute atomic E-state index is 11.8. The lowest BCUT2D eigenvalue weighted by molar-refractivity contribution is 0.00375. The molecule has 1 fully saturated rings. The molecular weight excluding hydrogens is 334 g/mol. The molecule has 2 aromatic rings. The second-order valence-corrected chi connectivity index (χ2v) is 6.05. The van der Waals surface area contributed by atoms with Crippen molar-refractivity contribution in [3.63, 3.8) is 0 Å². The SMILES string of the molecule is O=C(Nc1cnc(OCCC2CCCCO2)cn1)OCc1ccccc1. The Hall–Kier alpha value is -2.67. The summed E-state index contributed by atoms with van der Waals surface area (Å²) in [7, 11) is 0. The van der Waals surface area contributed by atoms with E-state index in [1.165, 1.54) is 18.8 Å². The van der Waals surface area contributed by atoms with Crippen LogP contribution in [0.25, 0.3) is 0 Å². The summed E-state index contributed by atoms with van der Waals surface area (Å²) in [4.78, 5) is 20.0. The molecule has 1 atom stereocenters. The molecule has 1 N–H and O–H groups in total. The summed E-state index contributed by atoms with van der Waals surface area (Å²) >= 11 is 0. The largest absolute Gasteiger partial charge is 0.476 e. The third-order valence-electron chi connectivity index (χ3n) is 4.03. The van der Waals surface area contributed by atoms with E-state index in [2.05, 4.69) is 15.3 Å². The number of carbonyl (C=O) groups is 1. The van der Waals surface area contributed by atoms with Crippen molar-refractivity contribution in [2.24, 2.45) is 0 Å². The minimum atomic E-state index is -0.578. The Morgan fingerprint density at radius 3 is 2.81 bits per heavy atom. The van der Waals surface area contributed by atoms with Crippen LogP contribution in [0.4, 0.5) is 10.6 Å². The van der Waals surface area contributed by atoms with Crippen LogP contribution in [0.5, 0.6) is 5.88 Å². The van der Waals surface area contributed by atoms with Crippen LogP contribution in [0, 0.1) is 0 Å². The molecule has 138 valence electrons. The topological polar surface area (TPSA) is 82.6 Å². The Labute approximate surface area is 152 Å². The Morgan fingerprint density at radius 2 is 2.08 bits per heavy atom. The number of nitrogens with zero attached hydrogens (tertiary/aromatic N) is 2. The second kappa shape index (κ2) is 9.72. The molecule has 1 aliphatic heterocycles. The molecule has 3 rings (SSSR count). The molecule has 7 heteroatoms. The van der Waals surface area contributed by atoms with Gasteiger partial charge in [-0.1, -0.05) is 30.3 Å². The Bertz CT molecular complexity index is 673. The van der Waals surface area contributed by atoms with Crippen LogP contribution in [0.3, 0.4) is 0 Å². The molecule has 2 heterocycles. The number of ether oxygens (including phenoxy) is 3. The van der Waals surface area contributed by atoms with Gasteiger partial charge in [0, 0.05) is 13.0 Å². The van der Waals surface area contributed by atoms with Crippen LogP contribution in [-0.4, -0.2) is 35.4 Å². The number of aromatic nitrogens is 2. The van der Waals surface area contributed by atoms with Crippen LogP contribution in [0.1, 0.15) is 31.2 Å². The van der Waals surface area contributed by atoms with E-state index in [0.717, 1.165) is 31.4 Å². The van der Waals surface area contributed by atoms with E-state index in [9.17, 15) is 4.79 Å². The molecule has 1 saturated heterocycles. The van der Waals surface area contributed by atoms with Gasteiger partial charge in [0.2, 0.25) is 5.88 Å². The smallest absolute Gasteiger partial charge is 0.413 e. The van der Waals surface area contributed by atoms with E-state index >= 15 is 0 Å². The van der Waals surface area contributed by atoms with E-state index in [4.69, 9.17) is 14.2 Å². The fraction of sp³-hybridized carbons (Fsp3) is 0.421. The summed E-state index contributed by atoms with van der Waals surface area (Å²) in [5.41, 5.74) is 0.916. The van der Waals surface area contributed by atoms with Crippen LogP contribution < -0.4 is 10.1 Å². The Kier molecular flexibility index (Phi) is 6.78. The average molecular weight is 357 g/mol. The number of amides is 1. The summed E-state index contributed by atoms with van der Waals surface area (Å²) < 4.78 is 16.4. The second-order valence-electron chi connectivity index (χ2n) is 6.05. The van der Waals surface area contributed by atoms with Crippen molar-refractivity contribution in [3.05, 3.63) is 48.3 Å². The summed E-state index contributed by atoms with van der Waals surface area (Å²) in [6.45, 7) is 1.57. The number of benzene rings is 1. The van der Waals surface area contributed by atoms with Crippen molar-refractivity contribution in [1.29, 1.82) is 0 Å². The number of hydrogen-bond acceptors (Lipinski definition) is 6. The van der Waals surface area contributed by atoms with Gasteiger partial charge in [0.1, 0.15) is 6.61 Å². The highest BCUT2D eigenvalue weighted by molar-refractivity contribution is 5.82. The van der Waals surface area contributed by atoms with Crippen LogP contribution in [0.15, 0.2) is 42.7 Å². The van der Waals surface area contributed by atoms with Crippen molar-refractivity contribution < 1.29 is 19.0 Å². The van der Waals surface area contributed by atoms with Crippen molar-refractivity contribution in [1.82, 2.24) is 9.97 Å². The van der Waals surface area contributed by atoms with Crippen LogP contribution >= 0.6 is 0 Å². The fourth-order valence-corrected chi connectivity index (χ4v) is 2.65. The molecule has 1 aromatic heterocycles. The van der Waals surface area contributed by atoms with E-state index < -0.39 is 6.09 Å². The lowest BCUT2D eigenvalue weighted by Gasteiger charge is -2.22. The van der Waals surface area contributed by atoms with Crippen molar-refractivity contribution >= 4 is 11.9 Å². The Balaban J connectivity index is 1.37.